The molecule has 0 unspecified atom stereocenters. The zero-order chi connectivity index (χ0) is 6.53. The van der Waals surface area contributed by atoms with Crippen LogP contribution in [0.15, 0.2) is 0 Å². The minimum absolute atomic E-state index is 0.879. The fraction of sp³-hybridized carbons (Fsp3) is 1.00. The quantitative estimate of drug-likeness (QED) is 0.524. The molecule has 1 aliphatic heterocycles. The van der Waals surface area contributed by atoms with Crippen LogP contribution in [-0.4, -0.2) is 25.5 Å². The molecule has 0 aromatic heterocycles. The molecule has 2 nitrogen and oxygen atoms in total. The van der Waals surface area contributed by atoms with Crippen molar-refractivity contribution in [3.63, 3.8) is 0 Å². The number of hydrogen-bond acceptors (Lipinski definition) is 2. The third-order valence-electron chi connectivity index (χ3n) is 1.44. The first kappa shape index (κ1) is 7.10. The van der Waals surface area contributed by atoms with Crippen molar-refractivity contribution < 1.29 is 4.84 Å². The Bertz CT molecular complexity index is 73.5. The van der Waals surface area contributed by atoms with E-state index < -0.39 is 0 Å². The Labute approximate surface area is 57.4 Å². The molecule has 0 amide bonds. The topological polar surface area (TPSA) is 12.5 Å². The maximum Gasteiger partial charge on any atom is 0.248 e. The molecule has 0 aromatic rings. The molecular weight excluding hydrogens is 113 g/mol. The van der Waals surface area contributed by atoms with Gasteiger partial charge in [0.15, 0.2) is 0 Å². The van der Waals surface area contributed by atoms with Gasteiger partial charge in [-0.15, -0.1) is 0 Å². The van der Waals surface area contributed by atoms with Crippen molar-refractivity contribution in [1.29, 1.82) is 0 Å². The predicted molar refractivity (Wildman–Crippen MR) is 38.1 cm³/mol. The third-order valence-corrected chi connectivity index (χ3v) is 1.44. The van der Waals surface area contributed by atoms with Crippen molar-refractivity contribution in [1.82, 2.24) is 4.97 Å². The lowest BCUT2D eigenvalue weighted by Gasteiger charge is -2.11. The highest BCUT2D eigenvalue weighted by Gasteiger charge is 2.12. The van der Waals surface area contributed by atoms with Crippen LogP contribution >= 0.6 is 0 Å². The summed E-state index contributed by atoms with van der Waals surface area (Å²) < 4.78 is 0. The normalized spacial score (nSPS) is 20.1. The SMILES string of the molecule is CCCCN1[B]CCO1. The monoisotopic (exact) mass is 126 g/mol. The van der Waals surface area contributed by atoms with Gasteiger partial charge in [-0.2, -0.15) is 0 Å². The van der Waals surface area contributed by atoms with Gasteiger partial charge in [0.05, 0.1) is 6.61 Å². The van der Waals surface area contributed by atoms with E-state index in [1.54, 1.807) is 0 Å². The van der Waals surface area contributed by atoms with Crippen LogP contribution in [0, 0.1) is 0 Å². The molecule has 1 heterocycles. The lowest BCUT2D eigenvalue weighted by atomic mass is 9.91. The smallest absolute Gasteiger partial charge is 0.248 e. The Hall–Kier alpha value is -0.0151. The van der Waals surface area contributed by atoms with Crippen LogP contribution in [0.5, 0.6) is 0 Å². The van der Waals surface area contributed by atoms with E-state index in [-0.39, 0.29) is 0 Å². The Kier molecular flexibility index (Phi) is 3.08. The largest absolute Gasteiger partial charge is 0.312 e. The summed E-state index contributed by atoms with van der Waals surface area (Å²) in [6.45, 7) is 4.14. The summed E-state index contributed by atoms with van der Waals surface area (Å²) in [7, 11) is 2.12. The highest BCUT2D eigenvalue weighted by atomic mass is 16.7. The molecule has 1 saturated heterocycles. The highest BCUT2D eigenvalue weighted by Crippen LogP contribution is 2.03. The van der Waals surface area contributed by atoms with Gasteiger partial charge in [-0.3, -0.25) is 0 Å². The van der Waals surface area contributed by atoms with Gasteiger partial charge in [0.2, 0.25) is 7.41 Å². The molecule has 9 heavy (non-hydrogen) atoms. The van der Waals surface area contributed by atoms with Gasteiger partial charge in [-0.25, -0.2) is 4.97 Å². The second-order valence-electron chi connectivity index (χ2n) is 2.30. The van der Waals surface area contributed by atoms with Crippen LogP contribution in [0.25, 0.3) is 0 Å². The van der Waals surface area contributed by atoms with Crippen molar-refractivity contribution in [3.05, 3.63) is 0 Å². The molecule has 0 saturated carbocycles. The van der Waals surface area contributed by atoms with Crippen molar-refractivity contribution >= 4 is 7.41 Å². The summed E-state index contributed by atoms with van der Waals surface area (Å²) in [4.78, 5) is 7.18. The van der Waals surface area contributed by atoms with Crippen LogP contribution in [0.4, 0.5) is 0 Å². The molecule has 0 bridgehead atoms. The molecule has 51 valence electrons. The van der Waals surface area contributed by atoms with E-state index >= 15 is 0 Å². The zero-order valence-electron chi connectivity index (χ0n) is 5.97. The number of hydroxylamine groups is 1. The van der Waals surface area contributed by atoms with Crippen LogP contribution in [0.1, 0.15) is 19.8 Å². The van der Waals surface area contributed by atoms with E-state index in [9.17, 15) is 0 Å². The number of nitrogens with zero attached hydrogens (tertiary/aromatic N) is 1. The van der Waals surface area contributed by atoms with Gasteiger partial charge in [0.25, 0.3) is 0 Å². The van der Waals surface area contributed by atoms with Gasteiger partial charge < -0.3 is 4.84 Å². The highest BCUT2D eigenvalue weighted by molar-refractivity contribution is 6.32. The average Bonchev–Trinajstić information content (AvgIpc) is 2.34. The standard InChI is InChI=1S/C6H13BNO/c1-2-3-5-8-7-4-6-9-8/h2-6H2,1H3. The molecule has 3 heteroatoms. The lowest BCUT2D eigenvalue weighted by molar-refractivity contribution is -0.0608. The summed E-state index contributed by atoms with van der Waals surface area (Å²) in [6, 6.07) is 0. The van der Waals surface area contributed by atoms with Crippen molar-refractivity contribution in [2.75, 3.05) is 13.2 Å². The molecule has 0 atom stereocenters. The number of rotatable bonds is 3. The Morgan fingerprint density at radius 2 is 2.56 bits per heavy atom. The van der Waals surface area contributed by atoms with Gasteiger partial charge in [0, 0.05) is 6.54 Å². The van der Waals surface area contributed by atoms with Crippen LogP contribution in [-0.2, 0) is 4.84 Å². The second-order valence-corrected chi connectivity index (χ2v) is 2.30. The summed E-state index contributed by atoms with van der Waals surface area (Å²) in [5.41, 5.74) is 0. The van der Waals surface area contributed by atoms with Crippen LogP contribution < -0.4 is 0 Å². The summed E-state index contributed by atoms with van der Waals surface area (Å²) in [6.07, 6.45) is 3.56. The maximum absolute atomic E-state index is 5.23. The Morgan fingerprint density at radius 1 is 1.67 bits per heavy atom. The molecule has 0 N–H and O–H groups in total. The molecular formula is C6H13BNO. The number of hydrogen-bond donors (Lipinski definition) is 0. The molecule has 0 spiro atoms. The molecule has 1 aliphatic rings. The summed E-state index contributed by atoms with van der Waals surface area (Å²) in [5.74, 6) is 0. The number of unbranched alkanes of at least 4 members (excludes halogenated alkanes) is 1. The van der Waals surface area contributed by atoms with Crippen molar-refractivity contribution in [2.24, 2.45) is 0 Å². The fourth-order valence-electron chi connectivity index (χ4n) is 0.889. The zero-order valence-corrected chi connectivity index (χ0v) is 5.97. The van der Waals surface area contributed by atoms with E-state index in [0.29, 0.717) is 0 Å². The molecule has 1 rings (SSSR count). The van der Waals surface area contributed by atoms with Gasteiger partial charge in [0.1, 0.15) is 0 Å². The summed E-state index contributed by atoms with van der Waals surface area (Å²) in [5, 5.41) is 0. The van der Waals surface area contributed by atoms with E-state index in [2.05, 4.69) is 14.3 Å². The minimum atomic E-state index is 0.879. The first-order valence-corrected chi connectivity index (χ1v) is 3.66. The van der Waals surface area contributed by atoms with Crippen molar-refractivity contribution in [3.8, 4) is 0 Å². The molecule has 0 aliphatic carbocycles. The lowest BCUT2D eigenvalue weighted by Crippen LogP contribution is -2.21. The average molecular weight is 126 g/mol. The maximum atomic E-state index is 5.23. The minimum Gasteiger partial charge on any atom is -0.312 e. The summed E-state index contributed by atoms with van der Waals surface area (Å²) >= 11 is 0. The Morgan fingerprint density at radius 3 is 3.11 bits per heavy atom. The van der Waals surface area contributed by atoms with E-state index in [0.717, 1.165) is 19.5 Å². The van der Waals surface area contributed by atoms with E-state index in [1.807, 2.05) is 4.97 Å². The van der Waals surface area contributed by atoms with Gasteiger partial charge >= 0.3 is 0 Å². The fourth-order valence-corrected chi connectivity index (χ4v) is 0.889. The van der Waals surface area contributed by atoms with E-state index in [1.165, 1.54) is 12.8 Å². The first-order chi connectivity index (χ1) is 4.43. The Balaban J connectivity index is 1.98. The van der Waals surface area contributed by atoms with Gasteiger partial charge in [-0.05, 0) is 12.7 Å². The molecule has 0 aromatic carbocycles. The van der Waals surface area contributed by atoms with Crippen molar-refractivity contribution in [2.45, 2.75) is 26.1 Å². The first-order valence-electron chi connectivity index (χ1n) is 3.66. The molecule has 1 radical (unpaired) electrons. The predicted octanol–water partition coefficient (Wildman–Crippen LogP) is 1.07. The van der Waals surface area contributed by atoms with Gasteiger partial charge in [-0.1, -0.05) is 13.3 Å². The van der Waals surface area contributed by atoms with E-state index in [4.69, 9.17) is 4.84 Å². The van der Waals surface area contributed by atoms with Crippen LogP contribution in [0.3, 0.4) is 0 Å². The third kappa shape index (κ3) is 2.37. The molecule has 1 fully saturated rings. The second kappa shape index (κ2) is 3.91. The van der Waals surface area contributed by atoms with Crippen LogP contribution in [0.2, 0.25) is 6.32 Å².